The van der Waals surface area contributed by atoms with Gasteiger partial charge in [-0.05, 0) is 42.5 Å². The molecule has 2 heterocycles. The molecule has 2 aromatic carbocycles. The Hall–Kier alpha value is -4.22. The van der Waals surface area contributed by atoms with E-state index in [1.165, 1.54) is 23.3 Å². The van der Waals surface area contributed by atoms with Gasteiger partial charge in [-0.2, -0.15) is 0 Å². The summed E-state index contributed by atoms with van der Waals surface area (Å²) < 4.78 is 11.1. The standard InChI is InChI=1S/C27H29N5O5S/c1-36-21-12-23(27(35)30-13-22-11-18(16-38-22)25(28)29)32(15-21)24(33)14-31-26(34)17-7-9-20(10-8-17)37-19-5-3-2-4-6-19/h2-11,16,21,23H,12-15H2,1H3,(H3,28,29)(H,30,35)(H,31,34). The number of rotatable bonds is 10. The van der Waals surface area contributed by atoms with Crippen molar-refractivity contribution in [2.45, 2.75) is 25.1 Å². The summed E-state index contributed by atoms with van der Waals surface area (Å²) >= 11 is 1.39. The quantitative estimate of drug-likeness (QED) is 0.232. The van der Waals surface area contributed by atoms with Gasteiger partial charge in [-0.3, -0.25) is 19.8 Å². The molecule has 0 radical (unpaired) electrons. The highest BCUT2D eigenvalue weighted by molar-refractivity contribution is 7.10. The number of carbonyl (C=O) groups excluding carboxylic acids is 3. The van der Waals surface area contributed by atoms with Gasteiger partial charge in [0.05, 0.1) is 19.2 Å². The smallest absolute Gasteiger partial charge is 0.251 e. The third-order valence-corrected chi connectivity index (χ3v) is 7.05. The summed E-state index contributed by atoms with van der Waals surface area (Å²) in [5.41, 5.74) is 6.48. The van der Waals surface area contributed by atoms with Crippen LogP contribution in [0.4, 0.5) is 0 Å². The van der Waals surface area contributed by atoms with Crippen molar-refractivity contribution in [3.05, 3.63) is 82.0 Å². The molecule has 198 valence electrons. The lowest BCUT2D eigenvalue weighted by atomic mass is 10.2. The first kappa shape index (κ1) is 26.8. The first-order chi connectivity index (χ1) is 18.3. The monoisotopic (exact) mass is 535 g/mol. The predicted octanol–water partition coefficient (Wildman–Crippen LogP) is 2.49. The zero-order chi connectivity index (χ0) is 27.1. The van der Waals surface area contributed by atoms with Gasteiger partial charge in [0.15, 0.2) is 0 Å². The Balaban J connectivity index is 1.31. The largest absolute Gasteiger partial charge is 0.457 e. The number of amides is 3. The van der Waals surface area contributed by atoms with Gasteiger partial charge >= 0.3 is 0 Å². The van der Waals surface area contributed by atoms with E-state index in [4.69, 9.17) is 20.6 Å². The molecule has 1 aliphatic rings. The van der Waals surface area contributed by atoms with E-state index in [2.05, 4.69) is 10.6 Å². The molecular weight excluding hydrogens is 506 g/mol. The maximum atomic E-state index is 13.0. The molecular formula is C27H29N5O5S. The molecule has 1 aliphatic heterocycles. The van der Waals surface area contributed by atoms with Gasteiger partial charge in [-0.25, -0.2) is 0 Å². The average molecular weight is 536 g/mol. The van der Waals surface area contributed by atoms with E-state index >= 15 is 0 Å². The first-order valence-electron chi connectivity index (χ1n) is 12.0. The summed E-state index contributed by atoms with van der Waals surface area (Å²) in [7, 11) is 1.54. The van der Waals surface area contributed by atoms with Crippen molar-refractivity contribution in [3.63, 3.8) is 0 Å². The Morgan fingerprint density at radius 3 is 2.42 bits per heavy atom. The van der Waals surface area contributed by atoms with Gasteiger partial charge < -0.3 is 30.7 Å². The number of para-hydroxylation sites is 1. The van der Waals surface area contributed by atoms with Gasteiger partial charge in [0.1, 0.15) is 23.4 Å². The van der Waals surface area contributed by atoms with E-state index in [-0.39, 0.29) is 43.4 Å². The van der Waals surface area contributed by atoms with Gasteiger partial charge in [0.25, 0.3) is 5.91 Å². The lowest BCUT2D eigenvalue weighted by Crippen LogP contribution is -2.48. The second-order valence-electron chi connectivity index (χ2n) is 8.71. The summed E-state index contributed by atoms with van der Waals surface area (Å²) in [4.78, 5) is 40.8. The second-order valence-corrected chi connectivity index (χ2v) is 9.71. The Labute approximate surface area is 224 Å². The van der Waals surface area contributed by atoms with Crippen LogP contribution in [-0.2, 0) is 20.9 Å². The highest BCUT2D eigenvalue weighted by Crippen LogP contribution is 2.22. The number of likely N-dealkylation sites (tertiary alicyclic amines) is 1. The number of hydrogen-bond acceptors (Lipinski definition) is 7. The van der Waals surface area contributed by atoms with Crippen LogP contribution in [0.25, 0.3) is 0 Å². The lowest BCUT2D eigenvalue weighted by molar-refractivity contribution is -0.137. The van der Waals surface area contributed by atoms with Gasteiger partial charge in [-0.1, -0.05) is 18.2 Å². The molecule has 11 heteroatoms. The maximum Gasteiger partial charge on any atom is 0.251 e. The van der Waals surface area contributed by atoms with Crippen LogP contribution in [0.1, 0.15) is 27.2 Å². The molecule has 1 aromatic heterocycles. The van der Waals surface area contributed by atoms with Crippen LogP contribution in [0, 0.1) is 5.41 Å². The van der Waals surface area contributed by atoms with E-state index in [1.54, 1.807) is 35.7 Å². The van der Waals surface area contributed by atoms with Crippen molar-refractivity contribution in [1.82, 2.24) is 15.5 Å². The number of nitrogens with one attached hydrogen (secondary N) is 3. The number of ether oxygens (including phenoxy) is 2. The van der Waals surface area contributed by atoms with Crippen LogP contribution >= 0.6 is 11.3 Å². The van der Waals surface area contributed by atoms with E-state index in [0.717, 1.165) is 4.88 Å². The average Bonchev–Trinajstić information content (AvgIpc) is 3.59. The Morgan fingerprint density at radius 2 is 1.76 bits per heavy atom. The van der Waals surface area contributed by atoms with Crippen LogP contribution in [0.15, 0.2) is 66.0 Å². The van der Waals surface area contributed by atoms with Crippen LogP contribution < -0.4 is 21.1 Å². The summed E-state index contributed by atoms with van der Waals surface area (Å²) in [6, 6.07) is 16.9. The molecule has 5 N–H and O–H groups in total. The highest BCUT2D eigenvalue weighted by atomic mass is 32.1. The van der Waals surface area contributed by atoms with Crippen LogP contribution in [0.2, 0.25) is 0 Å². The fourth-order valence-electron chi connectivity index (χ4n) is 4.06. The number of carbonyl (C=O) groups is 3. The predicted molar refractivity (Wildman–Crippen MR) is 143 cm³/mol. The molecule has 3 aromatic rings. The minimum atomic E-state index is -0.717. The third-order valence-electron chi connectivity index (χ3n) is 6.12. The second kappa shape index (κ2) is 12.3. The number of nitrogens with zero attached hydrogens (tertiary/aromatic N) is 1. The zero-order valence-corrected chi connectivity index (χ0v) is 21.6. The minimum Gasteiger partial charge on any atom is -0.457 e. The number of nitrogens with two attached hydrogens (primary N) is 1. The molecule has 3 amide bonds. The third kappa shape index (κ3) is 6.75. The summed E-state index contributed by atoms with van der Waals surface area (Å²) in [5.74, 6) is 0.137. The number of benzene rings is 2. The van der Waals surface area contributed by atoms with Crippen molar-refractivity contribution in [3.8, 4) is 11.5 Å². The fourth-order valence-corrected chi connectivity index (χ4v) is 4.88. The lowest BCUT2D eigenvalue weighted by Gasteiger charge is -2.23. The molecule has 2 unspecified atom stereocenters. The molecule has 4 rings (SSSR count). The summed E-state index contributed by atoms with van der Waals surface area (Å²) in [5, 5.41) is 14.7. The molecule has 2 atom stereocenters. The number of methoxy groups -OCH3 is 1. The van der Waals surface area contributed by atoms with Gasteiger partial charge in [0.2, 0.25) is 11.8 Å². The molecule has 10 nitrogen and oxygen atoms in total. The number of nitrogen functional groups attached to an aromatic ring is 1. The van der Waals surface area contributed by atoms with Crippen molar-refractivity contribution >= 4 is 34.9 Å². The Kier molecular flexibility index (Phi) is 8.72. The SMILES string of the molecule is COC1CC(C(=O)NCc2cc(C(=N)N)cs2)N(C(=O)CNC(=O)c2ccc(Oc3ccccc3)cc2)C1. The van der Waals surface area contributed by atoms with E-state index < -0.39 is 11.9 Å². The zero-order valence-electron chi connectivity index (χ0n) is 20.8. The molecule has 1 fully saturated rings. The summed E-state index contributed by atoms with van der Waals surface area (Å²) in [6.07, 6.45) is 0.0715. The minimum absolute atomic E-state index is 0.0344. The molecule has 0 spiro atoms. The Bertz CT molecular complexity index is 1290. The van der Waals surface area contributed by atoms with E-state index in [0.29, 0.717) is 29.0 Å². The van der Waals surface area contributed by atoms with Crippen LogP contribution in [-0.4, -0.2) is 60.8 Å². The topological polar surface area (TPSA) is 147 Å². The maximum absolute atomic E-state index is 13.0. The van der Waals surface area contributed by atoms with Crippen LogP contribution in [0.5, 0.6) is 11.5 Å². The first-order valence-corrected chi connectivity index (χ1v) is 12.8. The van der Waals surface area contributed by atoms with Crippen molar-refractivity contribution < 1.29 is 23.9 Å². The van der Waals surface area contributed by atoms with Crippen molar-refractivity contribution in [2.24, 2.45) is 5.73 Å². The van der Waals surface area contributed by atoms with Crippen molar-refractivity contribution in [1.29, 1.82) is 5.41 Å². The van der Waals surface area contributed by atoms with Gasteiger partial charge in [0, 0.05) is 41.5 Å². The fraction of sp³-hybridized carbons (Fsp3) is 0.259. The number of hydrogen-bond donors (Lipinski definition) is 4. The van der Waals surface area contributed by atoms with E-state index in [1.807, 2.05) is 30.3 Å². The molecule has 1 saturated heterocycles. The highest BCUT2D eigenvalue weighted by Gasteiger charge is 2.39. The molecule has 38 heavy (non-hydrogen) atoms. The number of amidine groups is 1. The molecule has 0 bridgehead atoms. The van der Waals surface area contributed by atoms with Crippen molar-refractivity contribution in [2.75, 3.05) is 20.2 Å². The Morgan fingerprint density at radius 1 is 1.05 bits per heavy atom. The molecule has 0 aliphatic carbocycles. The normalized spacial score (nSPS) is 16.6. The van der Waals surface area contributed by atoms with Crippen LogP contribution in [0.3, 0.4) is 0 Å². The molecule has 0 saturated carbocycles. The van der Waals surface area contributed by atoms with E-state index in [9.17, 15) is 14.4 Å². The summed E-state index contributed by atoms with van der Waals surface area (Å²) in [6.45, 7) is 0.254. The van der Waals surface area contributed by atoms with Gasteiger partial charge in [-0.15, -0.1) is 11.3 Å². The number of thiophene rings is 1.